The highest BCUT2D eigenvalue weighted by Gasteiger charge is 2.00. The van der Waals surface area contributed by atoms with E-state index in [-0.39, 0.29) is 5.82 Å². The summed E-state index contributed by atoms with van der Waals surface area (Å²) in [5.74, 6) is -1.22. The molecule has 0 amide bonds. The second-order valence-corrected chi connectivity index (χ2v) is 3.52. The molecule has 1 rings (SSSR count). The van der Waals surface area contributed by atoms with E-state index >= 15 is 0 Å². The lowest BCUT2D eigenvalue weighted by Gasteiger charge is -2.05. The SMILES string of the molecule is C/C(=C/C(=O)O)CNCc1ccccc1F. The summed E-state index contributed by atoms with van der Waals surface area (Å²) in [5, 5.41) is 11.5. The van der Waals surface area contributed by atoms with Gasteiger partial charge in [0.25, 0.3) is 0 Å². The Kier molecular flexibility index (Phi) is 4.66. The Morgan fingerprint density at radius 1 is 1.50 bits per heavy atom. The van der Waals surface area contributed by atoms with Crippen molar-refractivity contribution in [2.75, 3.05) is 6.54 Å². The minimum Gasteiger partial charge on any atom is -0.478 e. The van der Waals surface area contributed by atoms with Crippen molar-refractivity contribution in [1.29, 1.82) is 0 Å². The van der Waals surface area contributed by atoms with Crippen LogP contribution in [0, 0.1) is 5.82 Å². The van der Waals surface area contributed by atoms with Crippen molar-refractivity contribution >= 4 is 5.97 Å². The van der Waals surface area contributed by atoms with Gasteiger partial charge in [-0.25, -0.2) is 9.18 Å². The van der Waals surface area contributed by atoms with E-state index in [1.807, 2.05) is 0 Å². The number of nitrogens with one attached hydrogen (secondary N) is 1. The van der Waals surface area contributed by atoms with Crippen LogP contribution in [0.1, 0.15) is 12.5 Å². The first-order valence-corrected chi connectivity index (χ1v) is 4.94. The third kappa shape index (κ3) is 4.23. The van der Waals surface area contributed by atoms with Crippen LogP contribution in [-0.4, -0.2) is 17.6 Å². The lowest BCUT2D eigenvalue weighted by atomic mass is 10.2. The molecule has 0 saturated heterocycles. The predicted octanol–water partition coefficient (Wildman–Crippen LogP) is 1.95. The second-order valence-electron chi connectivity index (χ2n) is 3.52. The van der Waals surface area contributed by atoms with E-state index < -0.39 is 5.97 Å². The zero-order chi connectivity index (χ0) is 12.0. The number of halogens is 1. The Balaban J connectivity index is 2.42. The van der Waals surface area contributed by atoms with E-state index in [2.05, 4.69) is 5.32 Å². The highest BCUT2D eigenvalue weighted by molar-refractivity contribution is 5.80. The predicted molar refractivity (Wildman–Crippen MR) is 59.5 cm³/mol. The molecule has 0 fully saturated rings. The van der Waals surface area contributed by atoms with E-state index in [0.29, 0.717) is 24.2 Å². The largest absolute Gasteiger partial charge is 0.478 e. The Bertz CT molecular complexity index is 402. The number of hydrogen-bond donors (Lipinski definition) is 2. The molecule has 0 aliphatic heterocycles. The van der Waals surface area contributed by atoms with Gasteiger partial charge in [-0.2, -0.15) is 0 Å². The van der Waals surface area contributed by atoms with Crippen molar-refractivity contribution < 1.29 is 14.3 Å². The van der Waals surface area contributed by atoms with Crippen LogP contribution in [0.5, 0.6) is 0 Å². The average Bonchev–Trinajstić information content (AvgIpc) is 2.19. The van der Waals surface area contributed by atoms with Crippen LogP contribution in [0.15, 0.2) is 35.9 Å². The van der Waals surface area contributed by atoms with Gasteiger partial charge in [0.2, 0.25) is 0 Å². The minimum atomic E-state index is -0.967. The van der Waals surface area contributed by atoms with Crippen molar-refractivity contribution in [2.24, 2.45) is 0 Å². The van der Waals surface area contributed by atoms with Gasteiger partial charge in [-0.05, 0) is 13.0 Å². The fraction of sp³-hybridized carbons (Fsp3) is 0.250. The zero-order valence-electron chi connectivity index (χ0n) is 9.03. The lowest BCUT2D eigenvalue weighted by Crippen LogP contribution is -2.17. The maximum Gasteiger partial charge on any atom is 0.328 e. The molecule has 16 heavy (non-hydrogen) atoms. The van der Waals surface area contributed by atoms with E-state index in [4.69, 9.17) is 5.11 Å². The molecule has 0 atom stereocenters. The summed E-state index contributed by atoms with van der Waals surface area (Å²) in [6, 6.07) is 6.49. The highest BCUT2D eigenvalue weighted by atomic mass is 19.1. The van der Waals surface area contributed by atoms with Crippen LogP contribution >= 0.6 is 0 Å². The Morgan fingerprint density at radius 2 is 2.19 bits per heavy atom. The van der Waals surface area contributed by atoms with Crippen LogP contribution in [0.2, 0.25) is 0 Å². The summed E-state index contributed by atoms with van der Waals surface area (Å²) < 4.78 is 13.2. The molecule has 0 unspecified atom stereocenters. The first kappa shape index (κ1) is 12.4. The number of rotatable bonds is 5. The molecule has 0 saturated carbocycles. The molecule has 0 aromatic heterocycles. The third-order valence-electron chi connectivity index (χ3n) is 2.05. The van der Waals surface area contributed by atoms with Gasteiger partial charge in [-0.3, -0.25) is 0 Å². The highest BCUT2D eigenvalue weighted by Crippen LogP contribution is 2.05. The molecule has 4 heteroatoms. The Morgan fingerprint density at radius 3 is 2.81 bits per heavy atom. The number of hydrogen-bond acceptors (Lipinski definition) is 2. The molecular formula is C12H14FNO2. The van der Waals surface area contributed by atoms with Crippen LogP contribution in [-0.2, 0) is 11.3 Å². The molecule has 0 aliphatic rings. The number of aliphatic carboxylic acids is 1. The second kappa shape index (κ2) is 6.02. The smallest absolute Gasteiger partial charge is 0.328 e. The summed E-state index contributed by atoms with van der Waals surface area (Å²) in [4.78, 5) is 10.3. The molecule has 1 aromatic rings. The van der Waals surface area contributed by atoms with Crippen molar-refractivity contribution in [1.82, 2.24) is 5.32 Å². The van der Waals surface area contributed by atoms with Crippen LogP contribution in [0.25, 0.3) is 0 Å². The fourth-order valence-corrected chi connectivity index (χ4v) is 1.30. The molecule has 0 radical (unpaired) electrons. The topological polar surface area (TPSA) is 49.3 Å². The quantitative estimate of drug-likeness (QED) is 0.750. The maximum absolute atomic E-state index is 13.2. The van der Waals surface area contributed by atoms with Gasteiger partial charge in [0, 0.05) is 24.7 Å². The van der Waals surface area contributed by atoms with Gasteiger partial charge in [0.05, 0.1) is 0 Å². The van der Waals surface area contributed by atoms with E-state index in [0.717, 1.165) is 6.08 Å². The fourth-order valence-electron chi connectivity index (χ4n) is 1.30. The monoisotopic (exact) mass is 223 g/mol. The average molecular weight is 223 g/mol. The van der Waals surface area contributed by atoms with E-state index in [1.54, 1.807) is 25.1 Å². The molecule has 0 aliphatic carbocycles. The Labute approximate surface area is 93.6 Å². The summed E-state index contributed by atoms with van der Waals surface area (Å²) in [5.41, 5.74) is 1.27. The molecular weight excluding hydrogens is 209 g/mol. The lowest BCUT2D eigenvalue weighted by molar-refractivity contribution is -0.131. The minimum absolute atomic E-state index is 0.255. The Hall–Kier alpha value is -1.68. The summed E-state index contributed by atoms with van der Waals surface area (Å²) in [6.07, 6.45) is 1.13. The van der Waals surface area contributed by atoms with E-state index in [9.17, 15) is 9.18 Å². The van der Waals surface area contributed by atoms with Crippen molar-refractivity contribution in [3.05, 3.63) is 47.3 Å². The van der Waals surface area contributed by atoms with Crippen LogP contribution in [0.3, 0.4) is 0 Å². The summed E-state index contributed by atoms with van der Waals surface area (Å²) >= 11 is 0. The summed E-state index contributed by atoms with van der Waals surface area (Å²) in [6.45, 7) is 2.53. The van der Waals surface area contributed by atoms with Gasteiger partial charge >= 0.3 is 5.97 Å². The number of carbonyl (C=O) groups is 1. The first-order valence-electron chi connectivity index (χ1n) is 4.94. The maximum atomic E-state index is 13.2. The van der Waals surface area contributed by atoms with Crippen molar-refractivity contribution in [3.8, 4) is 0 Å². The first-order chi connectivity index (χ1) is 7.59. The summed E-state index contributed by atoms with van der Waals surface area (Å²) in [7, 11) is 0. The number of benzene rings is 1. The molecule has 1 aromatic carbocycles. The van der Waals surface area contributed by atoms with Gasteiger partial charge < -0.3 is 10.4 Å². The van der Waals surface area contributed by atoms with Crippen LogP contribution in [0.4, 0.5) is 4.39 Å². The standard InChI is InChI=1S/C12H14FNO2/c1-9(6-12(15)16)7-14-8-10-4-2-3-5-11(10)13/h2-6,14H,7-8H2,1H3,(H,15,16)/b9-6-. The zero-order valence-corrected chi connectivity index (χ0v) is 9.03. The van der Waals surface area contributed by atoms with Gasteiger partial charge in [0.1, 0.15) is 5.82 Å². The van der Waals surface area contributed by atoms with Crippen molar-refractivity contribution in [2.45, 2.75) is 13.5 Å². The molecule has 2 N–H and O–H groups in total. The van der Waals surface area contributed by atoms with Crippen molar-refractivity contribution in [3.63, 3.8) is 0 Å². The molecule has 3 nitrogen and oxygen atoms in total. The molecule has 0 spiro atoms. The van der Waals surface area contributed by atoms with Gasteiger partial charge in [0.15, 0.2) is 0 Å². The van der Waals surface area contributed by atoms with Crippen LogP contribution < -0.4 is 5.32 Å². The molecule has 0 bridgehead atoms. The molecule has 0 heterocycles. The normalized spacial score (nSPS) is 11.5. The number of carboxylic acid groups (broad SMARTS) is 1. The number of carboxylic acids is 1. The van der Waals surface area contributed by atoms with Gasteiger partial charge in [-0.1, -0.05) is 23.8 Å². The van der Waals surface area contributed by atoms with Gasteiger partial charge in [-0.15, -0.1) is 0 Å². The molecule has 86 valence electrons. The third-order valence-corrected chi connectivity index (χ3v) is 2.05. The van der Waals surface area contributed by atoms with E-state index in [1.165, 1.54) is 6.07 Å².